The fraction of sp³-hybridized carbons (Fsp3) is 0.462. The van der Waals surface area contributed by atoms with Gasteiger partial charge < -0.3 is 10.3 Å². The number of imidazole rings is 1. The summed E-state index contributed by atoms with van der Waals surface area (Å²) in [5.41, 5.74) is -0.412. The van der Waals surface area contributed by atoms with Crippen LogP contribution in [-0.2, 0) is 6.54 Å². The van der Waals surface area contributed by atoms with Crippen LogP contribution in [0.15, 0.2) is 27.9 Å². The summed E-state index contributed by atoms with van der Waals surface area (Å²) in [6.45, 7) is -1.41. The highest BCUT2D eigenvalue weighted by molar-refractivity contribution is 9.10. The zero-order valence-corrected chi connectivity index (χ0v) is 13.4. The van der Waals surface area contributed by atoms with Crippen LogP contribution in [0.2, 0.25) is 0 Å². The molecule has 0 aliphatic heterocycles. The topological polar surface area (TPSA) is 75.6 Å². The van der Waals surface area contributed by atoms with E-state index in [0.29, 0.717) is 16.3 Å². The van der Waals surface area contributed by atoms with Gasteiger partial charge in [0, 0.05) is 24.4 Å². The van der Waals surface area contributed by atoms with Gasteiger partial charge in [0.2, 0.25) is 0 Å². The first-order valence-corrected chi connectivity index (χ1v) is 7.71. The lowest BCUT2D eigenvalue weighted by molar-refractivity contribution is -0.143. The highest BCUT2D eigenvalue weighted by atomic mass is 79.9. The number of alkyl halides is 3. The van der Waals surface area contributed by atoms with E-state index in [4.69, 9.17) is 0 Å². The maximum atomic E-state index is 12.4. The highest BCUT2D eigenvalue weighted by Gasteiger charge is 2.33. The van der Waals surface area contributed by atoms with Crippen LogP contribution in [0.1, 0.15) is 24.6 Å². The van der Waals surface area contributed by atoms with Crippen LogP contribution in [0.3, 0.4) is 0 Å². The van der Waals surface area contributed by atoms with Crippen molar-refractivity contribution in [3.63, 3.8) is 0 Å². The lowest BCUT2D eigenvalue weighted by Crippen LogP contribution is -2.36. The number of nitrogens with zero attached hydrogens (tertiary/aromatic N) is 3. The zero-order valence-electron chi connectivity index (χ0n) is 11.8. The predicted molar refractivity (Wildman–Crippen MR) is 80.2 cm³/mol. The van der Waals surface area contributed by atoms with Crippen LogP contribution in [-0.4, -0.2) is 32.0 Å². The molecular formula is C13H13BrF3N5O. The summed E-state index contributed by atoms with van der Waals surface area (Å²) in [7, 11) is 0. The van der Waals surface area contributed by atoms with Gasteiger partial charge in [0.1, 0.15) is 16.8 Å². The van der Waals surface area contributed by atoms with Crippen LogP contribution < -0.4 is 10.9 Å². The number of H-pyrrole nitrogens is 1. The number of aromatic nitrogens is 4. The van der Waals surface area contributed by atoms with Gasteiger partial charge in [-0.1, -0.05) is 0 Å². The maximum absolute atomic E-state index is 12.4. The minimum Gasteiger partial charge on any atom is -0.380 e. The van der Waals surface area contributed by atoms with Gasteiger partial charge in [-0.2, -0.15) is 18.3 Å². The number of hydrogen-bond donors (Lipinski definition) is 2. The van der Waals surface area contributed by atoms with E-state index >= 15 is 0 Å². The number of anilines is 1. The monoisotopic (exact) mass is 391 g/mol. The molecule has 0 unspecified atom stereocenters. The van der Waals surface area contributed by atoms with Gasteiger partial charge in [0.05, 0.1) is 11.9 Å². The third kappa shape index (κ3) is 3.57. The third-order valence-electron chi connectivity index (χ3n) is 3.72. The van der Waals surface area contributed by atoms with Gasteiger partial charge in [-0.3, -0.25) is 4.79 Å². The van der Waals surface area contributed by atoms with Gasteiger partial charge >= 0.3 is 6.18 Å². The number of halogens is 4. The molecule has 2 N–H and O–H groups in total. The molecular weight excluding hydrogens is 379 g/mol. The molecule has 2 aromatic rings. The van der Waals surface area contributed by atoms with Crippen molar-refractivity contribution in [3.8, 4) is 0 Å². The quantitative estimate of drug-likeness (QED) is 0.839. The van der Waals surface area contributed by atoms with Crippen molar-refractivity contribution in [2.45, 2.75) is 37.5 Å². The smallest absolute Gasteiger partial charge is 0.380 e. The molecule has 23 heavy (non-hydrogen) atoms. The summed E-state index contributed by atoms with van der Waals surface area (Å²) in [4.78, 5) is 19.1. The normalized spacial score (nSPS) is 21.0. The molecule has 2 aromatic heterocycles. The average molecular weight is 392 g/mol. The van der Waals surface area contributed by atoms with E-state index in [2.05, 4.69) is 36.3 Å². The number of aromatic amines is 1. The molecule has 0 atom stereocenters. The summed E-state index contributed by atoms with van der Waals surface area (Å²) >= 11 is 3.05. The van der Waals surface area contributed by atoms with Gasteiger partial charge in [-0.15, -0.1) is 0 Å². The largest absolute Gasteiger partial charge is 0.408 e. The van der Waals surface area contributed by atoms with E-state index in [1.54, 1.807) is 12.4 Å². The molecule has 6 nitrogen and oxygen atoms in total. The second-order valence-corrected chi connectivity index (χ2v) is 6.23. The molecule has 124 valence electrons. The van der Waals surface area contributed by atoms with Gasteiger partial charge in [0.25, 0.3) is 5.56 Å². The molecule has 3 rings (SSSR count). The SMILES string of the molecule is O=c1c(Br)c(NC2CC(c3ncc[nH]3)C2)cnn1CC(F)(F)F. The fourth-order valence-corrected chi connectivity index (χ4v) is 2.95. The van der Waals surface area contributed by atoms with E-state index < -0.39 is 18.3 Å². The van der Waals surface area contributed by atoms with E-state index in [1.165, 1.54) is 6.20 Å². The minimum absolute atomic E-state index is 0.0539. The van der Waals surface area contributed by atoms with Gasteiger partial charge in [-0.05, 0) is 28.8 Å². The lowest BCUT2D eigenvalue weighted by atomic mass is 9.79. The summed E-state index contributed by atoms with van der Waals surface area (Å²) in [5.74, 6) is 1.24. The number of rotatable bonds is 4. The third-order valence-corrected chi connectivity index (χ3v) is 4.48. The van der Waals surface area contributed by atoms with Crippen LogP contribution in [0.25, 0.3) is 0 Å². The van der Waals surface area contributed by atoms with Crippen molar-refractivity contribution in [2.75, 3.05) is 5.32 Å². The van der Waals surface area contributed by atoms with Crippen molar-refractivity contribution in [1.82, 2.24) is 19.7 Å². The Kier molecular flexibility index (Phi) is 4.17. The average Bonchev–Trinajstić information content (AvgIpc) is 2.93. The first-order chi connectivity index (χ1) is 10.8. The van der Waals surface area contributed by atoms with Gasteiger partial charge in [-0.25, -0.2) is 9.67 Å². The van der Waals surface area contributed by atoms with E-state index in [1.807, 2.05) is 0 Å². The molecule has 1 fully saturated rings. The molecule has 2 heterocycles. The molecule has 0 bridgehead atoms. The summed E-state index contributed by atoms with van der Waals surface area (Å²) < 4.78 is 37.5. The first-order valence-electron chi connectivity index (χ1n) is 6.91. The van der Waals surface area contributed by atoms with Crippen molar-refractivity contribution >= 4 is 21.6 Å². The second-order valence-electron chi connectivity index (χ2n) is 5.43. The Bertz CT molecular complexity index is 737. The standard InChI is InChI=1S/C13H13BrF3N5O/c14-10-9(5-20-22(12(10)23)6-13(15,16)17)21-8-3-7(4-8)11-18-1-2-19-11/h1-2,5,7-8,21H,3-4,6H2,(H,18,19). The van der Waals surface area contributed by atoms with Crippen LogP contribution in [0, 0.1) is 0 Å². The molecule has 0 saturated heterocycles. The Labute approximate surface area is 137 Å². The molecule has 0 amide bonds. The van der Waals surface area contributed by atoms with Crippen LogP contribution in [0.5, 0.6) is 0 Å². The van der Waals surface area contributed by atoms with Crippen LogP contribution in [0.4, 0.5) is 18.9 Å². The summed E-state index contributed by atoms with van der Waals surface area (Å²) in [6, 6.07) is 0.126. The molecule has 0 spiro atoms. The van der Waals surface area contributed by atoms with Crippen molar-refractivity contribution in [1.29, 1.82) is 0 Å². The molecule has 0 aromatic carbocycles. The van der Waals surface area contributed by atoms with Crippen molar-refractivity contribution in [3.05, 3.63) is 39.2 Å². The van der Waals surface area contributed by atoms with Crippen molar-refractivity contribution < 1.29 is 13.2 Å². The summed E-state index contributed by atoms with van der Waals surface area (Å²) in [6.07, 6.45) is 1.85. The maximum Gasteiger partial charge on any atom is 0.408 e. The second kappa shape index (κ2) is 5.99. The minimum atomic E-state index is -4.49. The molecule has 1 aliphatic rings. The Balaban J connectivity index is 1.66. The summed E-state index contributed by atoms with van der Waals surface area (Å²) in [5, 5.41) is 6.70. The zero-order chi connectivity index (χ0) is 16.6. The van der Waals surface area contributed by atoms with E-state index in [9.17, 15) is 18.0 Å². The molecule has 1 saturated carbocycles. The number of nitrogens with one attached hydrogen (secondary N) is 2. The Morgan fingerprint density at radius 2 is 2.17 bits per heavy atom. The van der Waals surface area contributed by atoms with Crippen molar-refractivity contribution in [2.24, 2.45) is 0 Å². The molecule has 10 heteroatoms. The highest BCUT2D eigenvalue weighted by Crippen LogP contribution is 2.37. The van der Waals surface area contributed by atoms with E-state index in [0.717, 1.165) is 18.7 Å². The fourth-order valence-electron chi connectivity index (χ4n) is 2.53. The Hall–Kier alpha value is -1.84. The molecule has 0 radical (unpaired) electrons. The Morgan fingerprint density at radius 3 is 2.78 bits per heavy atom. The van der Waals surface area contributed by atoms with E-state index in [-0.39, 0.29) is 10.5 Å². The predicted octanol–water partition coefficient (Wildman–Crippen LogP) is 2.65. The molecule has 1 aliphatic carbocycles. The number of hydrogen-bond acceptors (Lipinski definition) is 4. The van der Waals surface area contributed by atoms with Gasteiger partial charge in [0.15, 0.2) is 0 Å². The first kappa shape index (κ1) is 16.0. The van der Waals surface area contributed by atoms with Crippen LogP contribution >= 0.6 is 15.9 Å². The Morgan fingerprint density at radius 1 is 1.43 bits per heavy atom. The lowest BCUT2D eigenvalue weighted by Gasteiger charge is -2.35.